The molecule has 1 amide bonds. The van der Waals surface area contributed by atoms with Crippen molar-refractivity contribution >= 4 is 5.91 Å². The molecular weight excluding hydrogens is 331 g/mol. The molecule has 6 heteroatoms. The number of halogens is 1. The SMILES string of the molecule is Cc1[nH]c(-c2ccc(F)cc2)nc1C(=O)N1CCCC1c1cccnc1. The lowest BCUT2D eigenvalue weighted by Gasteiger charge is -2.24. The number of hydrogen-bond donors (Lipinski definition) is 1. The highest BCUT2D eigenvalue weighted by atomic mass is 19.1. The van der Waals surface area contributed by atoms with E-state index in [0.717, 1.165) is 24.0 Å². The van der Waals surface area contributed by atoms with Gasteiger partial charge in [0.05, 0.1) is 6.04 Å². The number of hydrogen-bond acceptors (Lipinski definition) is 3. The van der Waals surface area contributed by atoms with Crippen LogP contribution in [-0.4, -0.2) is 32.3 Å². The largest absolute Gasteiger partial charge is 0.341 e. The Bertz CT molecular complexity index is 921. The summed E-state index contributed by atoms with van der Waals surface area (Å²) in [5.74, 6) is 0.186. The first-order valence-electron chi connectivity index (χ1n) is 8.67. The van der Waals surface area contributed by atoms with E-state index in [1.54, 1.807) is 18.3 Å². The highest BCUT2D eigenvalue weighted by Gasteiger charge is 2.32. The summed E-state index contributed by atoms with van der Waals surface area (Å²) in [4.78, 5) is 26.8. The Morgan fingerprint density at radius 1 is 1.27 bits per heavy atom. The number of amides is 1. The highest BCUT2D eigenvalue weighted by molar-refractivity contribution is 5.94. The van der Waals surface area contributed by atoms with E-state index in [1.807, 2.05) is 30.2 Å². The van der Waals surface area contributed by atoms with Crippen LogP contribution in [0.5, 0.6) is 0 Å². The first-order valence-corrected chi connectivity index (χ1v) is 8.67. The molecule has 4 rings (SSSR count). The molecule has 1 atom stereocenters. The quantitative estimate of drug-likeness (QED) is 0.779. The number of H-pyrrole nitrogens is 1. The minimum atomic E-state index is -0.301. The number of pyridine rings is 1. The van der Waals surface area contributed by atoms with Gasteiger partial charge < -0.3 is 9.88 Å². The van der Waals surface area contributed by atoms with E-state index in [1.165, 1.54) is 12.1 Å². The van der Waals surface area contributed by atoms with Crippen LogP contribution in [0.25, 0.3) is 11.4 Å². The summed E-state index contributed by atoms with van der Waals surface area (Å²) in [7, 11) is 0. The average molecular weight is 350 g/mol. The van der Waals surface area contributed by atoms with Gasteiger partial charge in [-0.15, -0.1) is 0 Å². The zero-order valence-corrected chi connectivity index (χ0v) is 14.4. The number of nitrogens with zero attached hydrogens (tertiary/aromatic N) is 3. The van der Waals surface area contributed by atoms with Crippen molar-refractivity contribution in [2.24, 2.45) is 0 Å². The number of aromatic nitrogens is 3. The smallest absolute Gasteiger partial charge is 0.274 e. The van der Waals surface area contributed by atoms with Crippen LogP contribution in [0.2, 0.25) is 0 Å². The Labute approximate surface area is 150 Å². The molecule has 1 aromatic carbocycles. The predicted molar refractivity (Wildman–Crippen MR) is 96.0 cm³/mol. The lowest BCUT2D eigenvalue weighted by atomic mass is 10.1. The lowest BCUT2D eigenvalue weighted by molar-refractivity contribution is 0.0729. The summed E-state index contributed by atoms with van der Waals surface area (Å²) in [6.07, 6.45) is 5.43. The highest BCUT2D eigenvalue weighted by Crippen LogP contribution is 2.33. The molecule has 26 heavy (non-hydrogen) atoms. The van der Waals surface area contributed by atoms with Crippen molar-refractivity contribution in [3.63, 3.8) is 0 Å². The van der Waals surface area contributed by atoms with Crippen molar-refractivity contribution in [1.82, 2.24) is 19.9 Å². The number of imidazole rings is 1. The van der Waals surface area contributed by atoms with Crippen molar-refractivity contribution < 1.29 is 9.18 Å². The Balaban J connectivity index is 1.63. The van der Waals surface area contributed by atoms with Crippen LogP contribution in [0, 0.1) is 12.7 Å². The molecule has 1 aliphatic rings. The molecule has 1 saturated heterocycles. The number of aromatic amines is 1. The second kappa shape index (κ2) is 6.71. The molecule has 1 N–H and O–H groups in total. The molecule has 0 saturated carbocycles. The second-order valence-corrected chi connectivity index (χ2v) is 6.51. The van der Waals surface area contributed by atoms with E-state index in [-0.39, 0.29) is 17.8 Å². The molecule has 0 bridgehead atoms. The monoisotopic (exact) mass is 350 g/mol. The van der Waals surface area contributed by atoms with Gasteiger partial charge in [-0.25, -0.2) is 9.37 Å². The van der Waals surface area contributed by atoms with Gasteiger partial charge in [-0.3, -0.25) is 9.78 Å². The minimum absolute atomic E-state index is 0.0292. The van der Waals surface area contributed by atoms with Crippen molar-refractivity contribution in [2.45, 2.75) is 25.8 Å². The van der Waals surface area contributed by atoms with Gasteiger partial charge in [0.2, 0.25) is 0 Å². The van der Waals surface area contributed by atoms with E-state index in [2.05, 4.69) is 15.0 Å². The van der Waals surface area contributed by atoms with E-state index in [0.29, 0.717) is 23.8 Å². The van der Waals surface area contributed by atoms with Gasteiger partial charge in [0.1, 0.15) is 17.3 Å². The lowest BCUT2D eigenvalue weighted by Crippen LogP contribution is -2.31. The van der Waals surface area contributed by atoms with Gasteiger partial charge in [-0.2, -0.15) is 0 Å². The maximum atomic E-state index is 13.1. The molecular formula is C20H19FN4O. The molecule has 5 nitrogen and oxygen atoms in total. The average Bonchev–Trinajstić information content (AvgIpc) is 3.29. The number of benzene rings is 1. The van der Waals surface area contributed by atoms with E-state index in [9.17, 15) is 9.18 Å². The number of carbonyl (C=O) groups is 1. The van der Waals surface area contributed by atoms with Crippen molar-refractivity contribution in [1.29, 1.82) is 0 Å². The van der Waals surface area contributed by atoms with Gasteiger partial charge in [-0.1, -0.05) is 6.07 Å². The third-order valence-electron chi connectivity index (χ3n) is 4.79. The van der Waals surface area contributed by atoms with E-state index < -0.39 is 0 Å². The number of nitrogens with one attached hydrogen (secondary N) is 1. The first kappa shape index (κ1) is 16.4. The second-order valence-electron chi connectivity index (χ2n) is 6.51. The van der Waals surface area contributed by atoms with Gasteiger partial charge in [-0.05, 0) is 55.7 Å². The van der Waals surface area contributed by atoms with Crippen LogP contribution in [0.3, 0.4) is 0 Å². The number of rotatable bonds is 3. The summed E-state index contributed by atoms with van der Waals surface area (Å²) in [5, 5.41) is 0. The summed E-state index contributed by atoms with van der Waals surface area (Å²) in [5.41, 5.74) is 2.93. The third kappa shape index (κ3) is 2.98. The standard InChI is InChI=1S/C20H19FN4O/c1-13-18(24-19(23-13)14-6-8-16(21)9-7-14)20(26)25-11-3-5-17(25)15-4-2-10-22-12-15/h2,4,6-10,12,17H,3,5,11H2,1H3,(H,23,24). The summed E-state index contributed by atoms with van der Waals surface area (Å²) >= 11 is 0. The molecule has 0 spiro atoms. The van der Waals surface area contributed by atoms with E-state index >= 15 is 0 Å². The Hall–Kier alpha value is -3.02. The van der Waals surface area contributed by atoms with Gasteiger partial charge in [0, 0.05) is 30.2 Å². The Morgan fingerprint density at radius 3 is 2.81 bits per heavy atom. The number of aryl methyl sites for hydroxylation is 1. The summed E-state index contributed by atoms with van der Waals surface area (Å²) in [6.45, 7) is 2.54. The van der Waals surface area contributed by atoms with Crippen LogP contribution in [0.4, 0.5) is 4.39 Å². The fraction of sp³-hybridized carbons (Fsp3) is 0.250. The maximum Gasteiger partial charge on any atom is 0.274 e. The third-order valence-corrected chi connectivity index (χ3v) is 4.79. The Morgan fingerprint density at radius 2 is 2.08 bits per heavy atom. The minimum Gasteiger partial charge on any atom is -0.341 e. The van der Waals surface area contributed by atoms with E-state index in [4.69, 9.17) is 0 Å². The van der Waals surface area contributed by atoms with Crippen LogP contribution in [0.1, 0.15) is 40.6 Å². The van der Waals surface area contributed by atoms with Crippen molar-refractivity contribution in [2.75, 3.05) is 6.54 Å². The predicted octanol–water partition coefficient (Wildman–Crippen LogP) is 3.90. The molecule has 132 valence electrons. The molecule has 3 aromatic rings. The fourth-order valence-corrected chi connectivity index (χ4v) is 3.48. The molecule has 1 unspecified atom stereocenters. The molecule has 0 aliphatic carbocycles. The molecule has 1 aliphatic heterocycles. The molecule has 3 heterocycles. The number of likely N-dealkylation sites (tertiary alicyclic amines) is 1. The molecule has 2 aromatic heterocycles. The number of carbonyl (C=O) groups excluding carboxylic acids is 1. The van der Waals surface area contributed by atoms with Crippen LogP contribution in [-0.2, 0) is 0 Å². The first-order chi connectivity index (χ1) is 12.6. The van der Waals surface area contributed by atoms with Crippen LogP contribution in [0.15, 0.2) is 48.8 Å². The molecule has 0 radical (unpaired) electrons. The van der Waals surface area contributed by atoms with Crippen molar-refractivity contribution in [3.8, 4) is 11.4 Å². The normalized spacial score (nSPS) is 16.8. The topological polar surface area (TPSA) is 61.9 Å². The van der Waals surface area contributed by atoms with Gasteiger partial charge in [0.25, 0.3) is 5.91 Å². The van der Waals surface area contributed by atoms with Crippen LogP contribution >= 0.6 is 0 Å². The maximum absolute atomic E-state index is 13.1. The zero-order valence-electron chi connectivity index (χ0n) is 14.4. The van der Waals surface area contributed by atoms with Gasteiger partial charge in [0.15, 0.2) is 0 Å². The molecule has 1 fully saturated rings. The van der Waals surface area contributed by atoms with Gasteiger partial charge >= 0.3 is 0 Å². The zero-order chi connectivity index (χ0) is 18.1. The van der Waals surface area contributed by atoms with Crippen LogP contribution < -0.4 is 0 Å². The summed E-state index contributed by atoms with van der Waals surface area (Å²) < 4.78 is 13.1. The summed E-state index contributed by atoms with van der Waals surface area (Å²) in [6, 6.07) is 9.99. The van der Waals surface area contributed by atoms with Crippen molar-refractivity contribution in [3.05, 3.63) is 71.6 Å². The fourth-order valence-electron chi connectivity index (χ4n) is 3.48. The Kier molecular flexibility index (Phi) is 4.24.